The van der Waals surface area contributed by atoms with E-state index in [2.05, 4.69) is 5.10 Å². The number of carbonyl (C=O) groups excluding carboxylic acids is 2. The highest BCUT2D eigenvalue weighted by atomic mass is 32.2. The van der Waals surface area contributed by atoms with Gasteiger partial charge in [-0.25, -0.2) is 13.2 Å². The number of ether oxygens (including phenoxy) is 1. The molecule has 150 valence electrons. The second-order valence-corrected chi connectivity index (χ2v) is 9.02. The molecule has 1 saturated heterocycles. The molecule has 1 amide bonds. The van der Waals surface area contributed by atoms with Gasteiger partial charge in [0, 0.05) is 25.8 Å². The zero-order chi connectivity index (χ0) is 20.5. The first kappa shape index (κ1) is 20.1. The zero-order valence-corrected chi connectivity index (χ0v) is 16.9. The van der Waals surface area contributed by atoms with E-state index in [4.69, 9.17) is 4.74 Å². The van der Waals surface area contributed by atoms with E-state index in [1.165, 1.54) is 19.2 Å². The van der Waals surface area contributed by atoms with Crippen LogP contribution >= 0.6 is 0 Å². The molecule has 1 aliphatic rings. The molecule has 0 bridgehead atoms. The van der Waals surface area contributed by atoms with E-state index in [0.29, 0.717) is 31.6 Å². The summed E-state index contributed by atoms with van der Waals surface area (Å²) in [5, 5.41) is 3.54. The molecule has 0 saturated carbocycles. The standard InChI is InChI=1S/C19H23N3O5S/c1-13-12-16(20-21(13)2)18(23)22-10-8-14(9-11-22)28(25,26)17-7-5-4-6-15(17)19(24)27-3/h4-7,12,14H,8-11H2,1-3H3. The molecule has 0 aliphatic carbocycles. The Bertz CT molecular complexity index is 985. The molecule has 2 aromatic rings. The van der Waals surface area contributed by atoms with Crippen molar-refractivity contribution in [1.29, 1.82) is 0 Å². The summed E-state index contributed by atoms with van der Waals surface area (Å²) in [6.45, 7) is 2.50. The van der Waals surface area contributed by atoms with Crippen molar-refractivity contribution in [2.75, 3.05) is 20.2 Å². The predicted molar refractivity (Wildman–Crippen MR) is 102 cm³/mol. The summed E-state index contributed by atoms with van der Waals surface area (Å²) in [6.07, 6.45) is 0.602. The van der Waals surface area contributed by atoms with Crippen LogP contribution in [0, 0.1) is 6.92 Å². The van der Waals surface area contributed by atoms with Gasteiger partial charge in [-0.05, 0) is 38.0 Å². The summed E-state index contributed by atoms with van der Waals surface area (Å²) < 4.78 is 32.5. The van der Waals surface area contributed by atoms with Gasteiger partial charge >= 0.3 is 5.97 Å². The third-order valence-corrected chi connectivity index (χ3v) is 7.42. The summed E-state index contributed by atoms with van der Waals surface area (Å²) in [7, 11) is -0.738. The Kier molecular flexibility index (Phi) is 5.55. The first-order valence-electron chi connectivity index (χ1n) is 8.97. The number of esters is 1. The minimum atomic E-state index is -3.72. The minimum Gasteiger partial charge on any atom is -0.465 e. The molecule has 0 atom stereocenters. The first-order valence-corrected chi connectivity index (χ1v) is 10.5. The molecule has 0 unspecified atom stereocenters. The number of sulfone groups is 1. The number of aryl methyl sites for hydroxylation is 2. The second kappa shape index (κ2) is 7.75. The lowest BCUT2D eigenvalue weighted by molar-refractivity contribution is 0.0596. The topological polar surface area (TPSA) is 98.6 Å². The molecule has 28 heavy (non-hydrogen) atoms. The van der Waals surface area contributed by atoms with Gasteiger partial charge in [-0.2, -0.15) is 5.10 Å². The number of nitrogens with zero attached hydrogens (tertiary/aromatic N) is 3. The van der Waals surface area contributed by atoms with Crippen LogP contribution in [0.5, 0.6) is 0 Å². The van der Waals surface area contributed by atoms with Gasteiger partial charge in [-0.3, -0.25) is 9.48 Å². The molecule has 1 aliphatic heterocycles. The Hall–Kier alpha value is -2.68. The van der Waals surface area contributed by atoms with Crippen LogP contribution in [0.4, 0.5) is 0 Å². The summed E-state index contributed by atoms with van der Waals surface area (Å²) in [5.41, 5.74) is 1.27. The van der Waals surface area contributed by atoms with Gasteiger partial charge in [-0.1, -0.05) is 12.1 Å². The molecule has 8 nitrogen and oxygen atoms in total. The Morgan fingerprint density at radius 2 is 1.82 bits per heavy atom. The Morgan fingerprint density at radius 3 is 2.39 bits per heavy atom. The van der Waals surface area contributed by atoms with Crippen molar-refractivity contribution >= 4 is 21.7 Å². The van der Waals surface area contributed by atoms with E-state index >= 15 is 0 Å². The molecule has 3 rings (SSSR count). The number of hydrogen-bond donors (Lipinski definition) is 0. The highest BCUT2D eigenvalue weighted by Crippen LogP contribution is 2.28. The maximum Gasteiger partial charge on any atom is 0.339 e. The Labute approximate surface area is 164 Å². The molecule has 0 spiro atoms. The van der Waals surface area contributed by atoms with Crippen molar-refractivity contribution in [1.82, 2.24) is 14.7 Å². The molecule has 1 aromatic heterocycles. The quantitative estimate of drug-likeness (QED) is 0.717. The van der Waals surface area contributed by atoms with Gasteiger partial charge in [0.1, 0.15) is 0 Å². The van der Waals surface area contributed by atoms with Crippen LogP contribution in [0.15, 0.2) is 35.2 Å². The Morgan fingerprint density at radius 1 is 1.18 bits per heavy atom. The number of amides is 1. The minimum absolute atomic E-state index is 0.0213. The lowest BCUT2D eigenvalue weighted by Crippen LogP contribution is -2.42. The fourth-order valence-electron chi connectivity index (χ4n) is 3.37. The number of benzene rings is 1. The van der Waals surface area contributed by atoms with Gasteiger partial charge in [0.05, 0.1) is 22.8 Å². The van der Waals surface area contributed by atoms with E-state index in [1.807, 2.05) is 6.92 Å². The van der Waals surface area contributed by atoms with Crippen LogP contribution in [0.3, 0.4) is 0 Å². The van der Waals surface area contributed by atoms with Gasteiger partial charge in [0.2, 0.25) is 0 Å². The average molecular weight is 405 g/mol. The number of methoxy groups -OCH3 is 1. The van der Waals surface area contributed by atoms with Crippen molar-refractivity contribution in [2.45, 2.75) is 29.9 Å². The number of hydrogen-bond acceptors (Lipinski definition) is 6. The third kappa shape index (κ3) is 3.66. The number of piperidine rings is 1. The predicted octanol–water partition coefficient (Wildman–Crippen LogP) is 1.59. The number of aromatic nitrogens is 2. The zero-order valence-electron chi connectivity index (χ0n) is 16.1. The molecule has 0 radical (unpaired) electrons. The molecule has 0 N–H and O–H groups in total. The van der Waals surface area contributed by atoms with E-state index in [1.54, 1.807) is 34.8 Å². The fourth-order valence-corrected chi connectivity index (χ4v) is 5.29. The highest BCUT2D eigenvalue weighted by molar-refractivity contribution is 7.92. The van der Waals surface area contributed by atoms with Crippen molar-refractivity contribution in [3.8, 4) is 0 Å². The smallest absolute Gasteiger partial charge is 0.339 e. The number of carbonyl (C=O) groups is 2. The van der Waals surface area contributed by atoms with E-state index in [9.17, 15) is 18.0 Å². The monoisotopic (exact) mass is 405 g/mol. The van der Waals surface area contributed by atoms with Crippen LogP contribution in [0.25, 0.3) is 0 Å². The SMILES string of the molecule is COC(=O)c1ccccc1S(=O)(=O)C1CCN(C(=O)c2cc(C)n(C)n2)CC1. The van der Waals surface area contributed by atoms with Crippen molar-refractivity contribution in [3.05, 3.63) is 47.3 Å². The van der Waals surface area contributed by atoms with Crippen LogP contribution in [-0.4, -0.2) is 60.4 Å². The largest absolute Gasteiger partial charge is 0.465 e. The maximum atomic E-state index is 13.1. The van der Waals surface area contributed by atoms with Crippen molar-refractivity contribution in [2.24, 2.45) is 7.05 Å². The summed E-state index contributed by atoms with van der Waals surface area (Å²) in [4.78, 5) is 26.2. The van der Waals surface area contributed by atoms with Crippen LogP contribution < -0.4 is 0 Å². The Balaban J connectivity index is 1.76. The molecule has 9 heteroatoms. The molecule has 2 heterocycles. The van der Waals surface area contributed by atoms with Gasteiger partial charge in [0.15, 0.2) is 15.5 Å². The van der Waals surface area contributed by atoms with Crippen LogP contribution in [0.2, 0.25) is 0 Å². The van der Waals surface area contributed by atoms with Crippen molar-refractivity contribution < 1.29 is 22.7 Å². The van der Waals surface area contributed by atoms with Crippen molar-refractivity contribution in [3.63, 3.8) is 0 Å². The van der Waals surface area contributed by atoms with Gasteiger partial charge < -0.3 is 9.64 Å². The van der Waals surface area contributed by atoms with E-state index in [0.717, 1.165) is 5.69 Å². The fraction of sp³-hybridized carbons (Fsp3) is 0.421. The summed E-state index contributed by atoms with van der Waals surface area (Å²) in [6, 6.07) is 7.77. The number of likely N-dealkylation sites (tertiary alicyclic amines) is 1. The molecule has 1 aromatic carbocycles. The average Bonchev–Trinajstić information content (AvgIpc) is 3.05. The lowest BCUT2D eigenvalue weighted by Gasteiger charge is -2.31. The highest BCUT2D eigenvalue weighted by Gasteiger charge is 2.35. The third-order valence-electron chi connectivity index (χ3n) is 5.10. The van der Waals surface area contributed by atoms with E-state index < -0.39 is 21.1 Å². The van der Waals surface area contributed by atoms with E-state index in [-0.39, 0.29) is 16.4 Å². The second-order valence-electron chi connectivity index (χ2n) is 6.82. The van der Waals surface area contributed by atoms with Crippen LogP contribution in [-0.2, 0) is 21.6 Å². The van der Waals surface area contributed by atoms with Crippen LogP contribution in [0.1, 0.15) is 39.4 Å². The lowest BCUT2D eigenvalue weighted by atomic mass is 10.1. The van der Waals surface area contributed by atoms with Gasteiger partial charge in [-0.15, -0.1) is 0 Å². The molecular formula is C19H23N3O5S. The van der Waals surface area contributed by atoms with Gasteiger partial charge in [0.25, 0.3) is 5.91 Å². The summed E-state index contributed by atoms with van der Waals surface area (Å²) >= 11 is 0. The molecule has 1 fully saturated rings. The number of rotatable bonds is 4. The first-order chi connectivity index (χ1) is 13.3. The molecular weight excluding hydrogens is 382 g/mol. The maximum absolute atomic E-state index is 13.1. The normalized spacial score (nSPS) is 15.5. The summed E-state index contributed by atoms with van der Waals surface area (Å²) in [5.74, 6) is -0.883.